The normalized spacial score (nSPS) is 22.3. The largest absolute Gasteiger partial charge is 0.323 e. The Hall–Kier alpha value is -3.20. The second-order valence-electron chi connectivity index (χ2n) is 8.68. The maximum Gasteiger partial charge on any atom is 0.269 e. The van der Waals surface area contributed by atoms with E-state index >= 15 is 0 Å². The standard InChI is InChI=1S/C24H27N3O5S/c1-33(31,32)19-13-11-16(12-14-19)22(28)25-26-23(29)21-15-18-9-5-6-10-20(18)27(21)24(30)17-7-3-2-4-8-17/h2-4,7-8,11-14,18,20-21H,5-6,9-10,15H2,1H3,(H,25,28)(H,26,29). The summed E-state index contributed by atoms with van der Waals surface area (Å²) in [4.78, 5) is 40.6. The molecule has 2 fully saturated rings. The number of hydrogen-bond acceptors (Lipinski definition) is 5. The van der Waals surface area contributed by atoms with Crippen LogP contribution in [-0.2, 0) is 14.6 Å². The van der Waals surface area contributed by atoms with Gasteiger partial charge in [0.05, 0.1) is 4.90 Å². The van der Waals surface area contributed by atoms with Crippen molar-refractivity contribution in [2.75, 3.05) is 6.26 Å². The topological polar surface area (TPSA) is 113 Å². The Morgan fingerprint density at radius 3 is 2.21 bits per heavy atom. The van der Waals surface area contributed by atoms with Crippen molar-refractivity contribution in [1.82, 2.24) is 15.8 Å². The van der Waals surface area contributed by atoms with Gasteiger partial charge < -0.3 is 4.90 Å². The molecule has 0 bridgehead atoms. The molecule has 1 saturated carbocycles. The third kappa shape index (κ3) is 4.93. The molecule has 0 aromatic heterocycles. The van der Waals surface area contributed by atoms with Gasteiger partial charge in [-0.15, -0.1) is 0 Å². The number of benzene rings is 2. The molecule has 0 spiro atoms. The molecule has 1 heterocycles. The number of carbonyl (C=O) groups excluding carboxylic acids is 3. The first-order chi connectivity index (χ1) is 15.8. The molecule has 33 heavy (non-hydrogen) atoms. The van der Waals surface area contributed by atoms with Crippen molar-refractivity contribution < 1.29 is 22.8 Å². The van der Waals surface area contributed by atoms with Gasteiger partial charge in [0.2, 0.25) is 0 Å². The van der Waals surface area contributed by atoms with Gasteiger partial charge >= 0.3 is 0 Å². The van der Waals surface area contributed by atoms with Crippen molar-refractivity contribution in [3.63, 3.8) is 0 Å². The zero-order chi connectivity index (χ0) is 23.6. The number of carbonyl (C=O) groups is 3. The molecule has 3 unspecified atom stereocenters. The fourth-order valence-electron chi connectivity index (χ4n) is 4.84. The van der Waals surface area contributed by atoms with E-state index in [1.54, 1.807) is 29.2 Å². The summed E-state index contributed by atoms with van der Waals surface area (Å²) in [5.74, 6) is -0.913. The van der Waals surface area contributed by atoms with Crippen LogP contribution >= 0.6 is 0 Å². The van der Waals surface area contributed by atoms with Crippen molar-refractivity contribution in [3.8, 4) is 0 Å². The zero-order valence-electron chi connectivity index (χ0n) is 18.4. The summed E-state index contributed by atoms with van der Waals surface area (Å²) in [5, 5.41) is 0. The smallest absolute Gasteiger partial charge is 0.269 e. The lowest BCUT2D eigenvalue weighted by Gasteiger charge is -2.33. The summed E-state index contributed by atoms with van der Waals surface area (Å²) in [7, 11) is -3.37. The van der Waals surface area contributed by atoms with Crippen LogP contribution < -0.4 is 10.9 Å². The van der Waals surface area contributed by atoms with Gasteiger partial charge in [-0.3, -0.25) is 25.2 Å². The summed E-state index contributed by atoms with van der Waals surface area (Å²) in [5.41, 5.74) is 5.60. The molecule has 1 aliphatic carbocycles. The van der Waals surface area contributed by atoms with Crippen LogP contribution in [0.5, 0.6) is 0 Å². The number of hydrogen-bond donors (Lipinski definition) is 2. The van der Waals surface area contributed by atoms with Crippen LogP contribution in [0.15, 0.2) is 59.5 Å². The van der Waals surface area contributed by atoms with Crippen molar-refractivity contribution in [2.24, 2.45) is 5.92 Å². The van der Waals surface area contributed by atoms with E-state index in [4.69, 9.17) is 0 Å². The maximum absolute atomic E-state index is 13.3. The molecule has 2 N–H and O–H groups in total. The number of amides is 3. The number of rotatable bonds is 4. The number of likely N-dealkylation sites (tertiary alicyclic amines) is 1. The zero-order valence-corrected chi connectivity index (χ0v) is 19.2. The van der Waals surface area contributed by atoms with Crippen LogP contribution in [0.4, 0.5) is 0 Å². The van der Waals surface area contributed by atoms with E-state index in [9.17, 15) is 22.8 Å². The molecule has 174 valence electrons. The van der Waals surface area contributed by atoms with Gasteiger partial charge in [-0.05, 0) is 61.6 Å². The van der Waals surface area contributed by atoms with Crippen LogP contribution in [0.1, 0.15) is 52.8 Å². The highest BCUT2D eigenvalue weighted by Crippen LogP contribution is 2.40. The molecule has 9 heteroatoms. The summed E-state index contributed by atoms with van der Waals surface area (Å²) in [6.45, 7) is 0. The molecule has 4 rings (SSSR count). The SMILES string of the molecule is CS(=O)(=O)c1ccc(C(=O)NNC(=O)C2CC3CCCCC3N2C(=O)c2ccccc2)cc1. The molecule has 1 saturated heterocycles. The number of nitrogens with zero attached hydrogens (tertiary/aromatic N) is 1. The average molecular weight is 470 g/mol. The minimum atomic E-state index is -3.37. The predicted octanol–water partition coefficient (Wildman–Crippen LogP) is 2.32. The van der Waals surface area contributed by atoms with Crippen LogP contribution in [0.25, 0.3) is 0 Å². The van der Waals surface area contributed by atoms with Crippen molar-refractivity contribution in [1.29, 1.82) is 0 Å². The molecule has 2 aromatic rings. The average Bonchev–Trinajstić information content (AvgIpc) is 3.21. The molecular formula is C24H27N3O5S. The Labute approximate surface area is 193 Å². The Kier molecular flexibility index (Phi) is 6.51. The monoisotopic (exact) mass is 469 g/mol. The van der Waals surface area contributed by atoms with Crippen molar-refractivity contribution in [3.05, 3.63) is 65.7 Å². The predicted molar refractivity (Wildman–Crippen MR) is 122 cm³/mol. The minimum absolute atomic E-state index is 0.0152. The molecule has 8 nitrogen and oxygen atoms in total. The maximum atomic E-state index is 13.3. The number of nitrogens with one attached hydrogen (secondary N) is 2. The second-order valence-corrected chi connectivity index (χ2v) is 10.7. The van der Waals surface area contributed by atoms with Gasteiger partial charge in [0.1, 0.15) is 6.04 Å². The van der Waals surface area contributed by atoms with Gasteiger partial charge in [-0.1, -0.05) is 31.0 Å². The van der Waals surface area contributed by atoms with E-state index in [0.29, 0.717) is 12.0 Å². The molecular weight excluding hydrogens is 442 g/mol. The van der Waals surface area contributed by atoms with E-state index < -0.39 is 27.7 Å². The van der Waals surface area contributed by atoms with E-state index in [1.807, 2.05) is 6.07 Å². The van der Waals surface area contributed by atoms with Crippen molar-refractivity contribution in [2.45, 2.75) is 49.1 Å². The number of fused-ring (bicyclic) bond motifs is 1. The lowest BCUT2D eigenvalue weighted by atomic mass is 9.84. The summed E-state index contributed by atoms with van der Waals surface area (Å²) < 4.78 is 23.2. The van der Waals surface area contributed by atoms with Gasteiger partial charge in [0.15, 0.2) is 9.84 Å². The quantitative estimate of drug-likeness (QED) is 0.668. The first-order valence-electron chi connectivity index (χ1n) is 11.0. The Bertz CT molecular complexity index is 1150. The van der Waals surface area contributed by atoms with Gasteiger partial charge in [0, 0.05) is 23.4 Å². The van der Waals surface area contributed by atoms with Gasteiger partial charge in [-0.25, -0.2) is 8.42 Å². The molecule has 0 radical (unpaired) electrons. The van der Waals surface area contributed by atoms with Crippen LogP contribution in [0, 0.1) is 5.92 Å². The minimum Gasteiger partial charge on any atom is -0.323 e. The molecule has 3 amide bonds. The third-order valence-corrected chi connectivity index (χ3v) is 7.62. The van der Waals surface area contributed by atoms with Crippen LogP contribution in [0.3, 0.4) is 0 Å². The van der Waals surface area contributed by atoms with Gasteiger partial charge in [0.25, 0.3) is 17.7 Å². The lowest BCUT2D eigenvalue weighted by molar-refractivity contribution is -0.126. The first-order valence-corrected chi connectivity index (χ1v) is 12.9. The van der Waals surface area contributed by atoms with E-state index in [1.165, 1.54) is 24.3 Å². The fraction of sp³-hybridized carbons (Fsp3) is 0.375. The number of hydrazine groups is 1. The highest BCUT2D eigenvalue weighted by Gasteiger charge is 2.47. The second kappa shape index (κ2) is 9.35. The van der Waals surface area contributed by atoms with Crippen LogP contribution in [0.2, 0.25) is 0 Å². The fourth-order valence-corrected chi connectivity index (χ4v) is 5.47. The molecule has 2 aliphatic rings. The van der Waals surface area contributed by atoms with Crippen molar-refractivity contribution >= 4 is 27.6 Å². The Morgan fingerprint density at radius 1 is 0.879 bits per heavy atom. The van der Waals surface area contributed by atoms with E-state index in [0.717, 1.165) is 31.9 Å². The van der Waals surface area contributed by atoms with E-state index in [-0.39, 0.29) is 28.3 Å². The summed E-state index contributed by atoms with van der Waals surface area (Å²) in [6.07, 6.45) is 5.60. The lowest BCUT2D eigenvalue weighted by Crippen LogP contribution is -2.53. The highest BCUT2D eigenvalue weighted by molar-refractivity contribution is 7.90. The molecule has 2 aromatic carbocycles. The summed E-state index contributed by atoms with van der Waals surface area (Å²) in [6, 6.07) is 13.7. The van der Waals surface area contributed by atoms with Gasteiger partial charge in [-0.2, -0.15) is 0 Å². The van der Waals surface area contributed by atoms with E-state index in [2.05, 4.69) is 10.9 Å². The molecule has 3 atom stereocenters. The highest BCUT2D eigenvalue weighted by atomic mass is 32.2. The van der Waals surface area contributed by atoms with Crippen LogP contribution in [-0.4, -0.2) is 49.4 Å². The molecule has 1 aliphatic heterocycles. The number of sulfone groups is 1. The first kappa shape index (κ1) is 23.0. The Morgan fingerprint density at radius 2 is 1.55 bits per heavy atom. The Balaban J connectivity index is 1.46. The summed E-state index contributed by atoms with van der Waals surface area (Å²) >= 11 is 0. The third-order valence-electron chi connectivity index (χ3n) is 6.49.